The third-order valence-electron chi connectivity index (χ3n) is 4.39. The number of aromatic nitrogens is 3. The highest BCUT2D eigenvalue weighted by molar-refractivity contribution is 5.99. The van der Waals surface area contributed by atoms with Gasteiger partial charge in [-0.15, -0.1) is 0 Å². The lowest BCUT2D eigenvalue weighted by Gasteiger charge is -2.27. The van der Waals surface area contributed by atoms with Crippen LogP contribution in [0, 0.1) is 0 Å². The van der Waals surface area contributed by atoms with Crippen molar-refractivity contribution < 1.29 is 9.53 Å². The van der Waals surface area contributed by atoms with Crippen molar-refractivity contribution in [3.05, 3.63) is 48.4 Å². The second-order valence-electron chi connectivity index (χ2n) is 5.98. The lowest BCUT2D eigenvalue weighted by Crippen LogP contribution is -2.46. The van der Waals surface area contributed by atoms with E-state index in [0.29, 0.717) is 17.5 Å². The van der Waals surface area contributed by atoms with Crippen LogP contribution in [0.2, 0.25) is 0 Å². The van der Waals surface area contributed by atoms with E-state index in [1.807, 2.05) is 40.8 Å². The Hall–Kier alpha value is -2.93. The van der Waals surface area contributed by atoms with Crippen LogP contribution in [0.5, 0.6) is 11.8 Å². The quantitative estimate of drug-likeness (QED) is 0.789. The van der Waals surface area contributed by atoms with Gasteiger partial charge >= 0.3 is 6.01 Å². The molecule has 2 aromatic heterocycles. The number of hydrogen-bond acceptors (Lipinski definition) is 5. The average molecular weight is 337 g/mol. The summed E-state index contributed by atoms with van der Waals surface area (Å²) < 4.78 is 7.61. The second-order valence-corrected chi connectivity index (χ2v) is 5.98. The van der Waals surface area contributed by atoms with E-state index in [1.54, 1.807) is 18.5 Å². The van der Waals surface area contributed by atoms with Gasteiger partial charge in [0.05, 0.1) is 0 Å². The second kappa shape index (κ2) is 6.52. The Labute approximate surface area is 145 Å². The van der Waals surface area contributed by atoms with Crippen molar-refractivity contribution >= 4 is 16.8 Å². The van der Waals surface area contributed by atoms with Crippen molar-refractivity contribution in [2.45, 2.75) is 0 Å². The summed E-state index contributed by atoms with van der Waals surface area (Å²) in [6.07, 6.45) is 3.27. The van der Waals surface area contributed by atoms with Crippen LogP contribution >= 0.6 is 0 Å². The van der Waals surface area contributed by atoms with Crippen LogP contribution in [0.15, 0.2) is 42.7 Å². The topological polar surface area (TPSA) is 72.3 Å². The van der Waals surface area contributed by atoms with Gasteiger partial charge in [-0.25, -0.2) is 9.97 Å². The molecule has 25 heavy (non-hydrogen) atoms. The van der Waals surface area contributed by atoms with Crippen molar-refractivity contribution in [1.82, 2.24) is 24.8 Å². The van der Waals surface area contributed by atoms with Crippen LogP contribution in [0.3, 0.4) is 0 Å². The molecule has 0 bridgehead atoms. The van der Waals surface area contributed by atoms with Gasteiger partial charge in [-0.3, -0.25) is 4.79 Å². The zero-order valence-corrected chi connectivity index (χ0v) is 14.0. The minimum atomic E-state index is 0.0639. The number of nitrogens with one attached hydrogen (secondary N) is 1. The number of piperazine rings is 1. The van der Waals surface area contributed by atoms with Crippen molar-refractivity contribution in [2.24, 2.45) is 7.05 Å². The lowest BCUT2D eigenvalue weighted by molar-refractivity contribution is 0.0726. The van der Waals surface area contributed by atoms with Crippen LogP contribution in [-0.2, 0) is 7.05 Å². The van der Waals surface area contributed by atoms with Crippen molar-refractivity contribution in [1.29, 1.82) is 0 Å². The molecule has 1 aliphatic rings. The predicted octanol–water partition coefficient (Wildman–Crippen LogP) is 1.81. The summed E-state index contributed by atoms with van der Waals surface area (Å²) in [4.78, 5) is 22.8. The monoisotopic (exact) mass is 337 g/mol. The first-order chi connectivity index (χ1) is 12.2. The maximum absolute atomic E-state index is 12.8. The molecule has 0 unspecified atom stereocenters. The highest BCUT2D eigenvalue weighted by Gasteiger charge is 2.21. The van der Waals surface area contributed by atoms with Crippen LogP contribution in [0.4, 0.5) is 0 Å². The molecule has 3 heterocycles. The molecule has 1 amide bonds. The van der Waals surface area contributed by atoms with Gasteiger partial charge in [-0.05, 0) is 30.3 Å². The first kappa shape index (κ1) is 15.6. The average Bonchev–Trinajstić information content (AvgIpc) is 2.99. The van der Waals surface area contributed by atoms with Gasteiger partial charge in [0.2, 0.25) is 0 Å². The number of amides is 1. The molecule has 0 spiro atoms. The van der Waals surface area contributed by atoms with Gasteiger partial charge in [0, 0.05) is 56.5 Å². The maximum Gasteiger partial charge on any atom is 0.321 e. The summed E-state index contributed by atoms with van der Waals surface area (Å²) in [7, 11) is 1.92. The summed E-state index contributed by atoms with van der Waals surface area (Å²) in [5.74, 6) is 0.708. The first-order valence-corrected chi connectivity index (χ1v) is 8.27. The first-order valence-electron chi connectivity index (χ1n) is 8.27. The zero-order chi connectivity index (χ0) is 17.2. The molecule has 7 nitrogen and oxygen atoms in total. The van der Waals surface area contributed by atoms with E-state index in [9.17, 15) is 4.79 Å². The smallest absolute Gasteiger partial charge is 0.321 e. The normalized spacial score (nSPS) is 14.7. The summed E-state index contributed by atoms with van der Waals surface area (Å²) in [5.41, 5.74) is 1.67. The Balaban J connectivity index is 1.63. The fraction of sp³-hybridized carbons (Fsp3) is 0.278. The number of ether oxygens (including phenoxy) is 1. The van der Waals surface area contributed by atoms with Gasteiger partial charge in [0.1, 0.15) is 11.4 Å². The fourth-order valence-corrected chi connectivity index (χ4v) is 3.07. The highest BCUT2D eigenvalue weighted by Crippen LogP contribution is 2.26. The van der Waals surface area contributed by atoms with Gasteiger partial charge in [-0.1, -0.05) is 0 Å². The number of fused-ring (bicyclic) bond motifs is 1. The maximum atomic E-state index is 12.8. The van der Waals surface area contributed by atoms with Crippen LogP contribution < -0.4 is 10.1 Å². The molecule has 1 saturated heterocycles. The summed E-state index contributed by atoms with van der Waals surface area (Å²) in [5, 5.41) is 4.22. The van der Waals surface area contributed by atoms with Gasteiger partial charge in [0.15, 0.2) is 0 Å². The molecule has 7 heteroatoms. The SMILES string of the molecule is Cn1c(C(=O)N2CCNCC2)cc2cc(Oc3ncccn3)ccc21. The number of nitrogens with zero attached hydrogens (tertiary/aromatic N) is 4. The third-order valence-corrected chi connectivity index (χ3v) is 4.39. The highest BCUT2D eigenvalue weighted by atomic mass is 16.5. The Morgan fingerprint density at radius 3 is 2.68 bits per heavy atom. The van der Waals surface area contributed by atoms with E-state index in [0.717, 1.165) is 37.1 Å². The molecule has 4 rings (SSSR count). The van der Waals surface area contributed by atoms with Gasteiger partial charge in [-0.2, -0.15) is 0 Å². The molecular formula is C18H19N5O2. The number of hydrogen-bond donors (Lipinski definition) is 1. The largest absolute Gasteiger partial charge is 0.424 e. The zero-order valence-electron chi connectivity index (χ0n) is 14.0. The molecule has 0 saturated carbocycles. The Bertz CT molecular complexity index is 900. The minimum absolute atomic E-state index is 0.0639. The van der Waals surface area contributed by atoms with E-state index in [1.165, 1.54) is 0 Å². The molecule has 0 atom stereocenters. The van der Waals surface area contributed by atoms with Crippen LogP contribution in [0.25, 0.3) is 10.9 Å². The molecule has 3 aromatic rings. The number of rotatable bonds is 3. The van der Waals surface area contributed by atoms with E-state index in [4.69, 9.17) is 4.74 Å². The van der Waals surface area contributed by atoms with E-state index < -0.39 is 0 Å². The number of aryl methyl sites for hydroxylation is 1. The number of carbonyl (C=O) groups excluding carboxylic acids is 1. The summed E-state index contributed by atoms with van der Waals surface area (Å²) in [6.45, 7) is 3.15. The fourth-order valence-electron chi connectivity index (χ4n) is 3.07. The molecule has 1 aromatic carbocycles. The Morgan fingerprint density at radius 2 is 1.92 bits per heavy atom. The summed E-state index contributed by atoms with van der Waals surface area (Å²) >= 11 is 0. The lowest BCUT2D eigenvalue weighted by atomic mass is 10.2. The Morgan fingerprint density at radius 1 is 1.16 bits per heavy atom. The van der Waals surface area contributed by atoms with Crippen LogP contribution in [-0.4, -0.2) is 51.5 Å². The van der Waals surface area contributed by atoms with Crippen molar-refractivity contribution in [2.75, 3.05) is 26.2 Å². The molecule has 1 aliphatic heterocycles. The number of carbonyl (C=O) groups is 1. The summed E-state index contributed by atoms with van der Waals surface area (Å²) in [6, 6.07) is 9.66. The molecule has 128 valence electrons. The van der Waals surface area contributed by atoms with E-state index >= 15 is 0 Å². The van der Waals surface area contributed by atoms with Gasteiger partial charge < -0.3 is 19.5 Å². The van der Waals surface area contributed by atoms with E-state index in [2.05, 4.69) is 15.3 Å². The Kier molecular flexibility index (Phi) is 4.07. The minimum Gasteiger partial charge on any atom is -0.424 e. The molecular weight excluding hydrogens is 318 g/mol. The van der Waals surface area contributed by atoms with Crippen LogP contribution in [0.1, 0.15) is 10.5 Å². The van der Waals surface area contributed by atoms with E-state index in [-0.39, 0.29) is 5.91 Å². The number of benzene rings is 1. The molecule has 0 radical (unpaired) electrons. The molecule has 0 aliphatic carbocycles. The van der Waals surface area contributed by atoms with Crippen molar-refractivity contribution in [3.8, 4) is 11.8 Å². The third kappa shape index (κ3) is 3.06. The molecule has 1 fully saturated rings. The predicted molar refractivity (Wildman–Crippen MR) is 93.8 cm³/mol. The standard InChI is InChI=1S/C18H19N5O2/c1-22-15-4-3-14(25-18-20-5-2-6-21-18)11-13(15)12-16(22)17(24)23-9-7-19-8-10-23/h2-6,11-12,19H,7-10H2,1H3. The van der Waals surface area contributed by atoms with Crippen molar-refractivity contribution in [3.63, 3.8) is 0 Å². The van der Waals surface area contributed by atoms with Gasteiger partial charge in [0.25, 0.3) is 5.91 Å². The molecule has 1 N–H and O–H groups in total.